The molecule has 0 saturated carbocycles. The summed E-state index contributed by atoms with van der Waals surface area (Å²) in [5.74, 6) is -0.416. The van der Waals surface area contributed by atoms with E-state index in [0.717, 1.165) is 0 Å². The summed E-state index contributed by atoms with van der Waals surface area (Å²) in [6, 6.07) is 6.81. The van der Waals surface area contributed by atoms with Gasteiger partial charge >= 0.3 is 0 Å². The lowest BCUT2D eigenvalue weighted by Gasteiger charge is -2.18. The molecule has 0 fully saturated rings. The molecule has 1 aromatic carbocycles. The van der Waals surface area contributed by atoms with Gasteiger partial charge in [-0.05, 0) is 31.3 Å². The minimum absolute atomic E-state index is 0.0602. The Morgan fingerprint density at radius 2 is 1.41 bits per heavy atom. The Hall–Kier alpha value is -2.41. The number of likely N-dealkylation sites (N-methyl/N-ethyl adjacent to an activating group) is 2. The average Bonchev–Trinajstić information content (AvgIpc) is 2.39. The normalized spacial score (nSPS) is 10.2. The van der Waals surface area contributed by atoms with Gasteiger partial charge in [0, 0.05) is 32.4 Å². The summed E-state index contributed by atoms with van der Waals surface area (Å²) >= 11 is 0. The highest BCUT2D eigenvalue weighted by atomic mass is 16.2. The number of nitrogens with one attached hydrogen (secondary N) is 2. The van der Waals surface area contributed by atoms with Crippen molar-refractivity contribution in [3.8, 4) is 0 Å². The number of nitrogens with zero attached hydrogens (tertiary/aromatic N) is 2. The van der Waals surface area contributed by atoms with E-state index in [1.54, 1.807) is 50.3 Å². The van der Waals surface area contributed by atoms with Crippen LogP contribution in [0.25, 0.3) is 0 Å². The Balaban J connectivity index is 2.47. The van der Waals surface area contributed by atoms with E-state index in [-0.39, 0.29) is 30.8 Å². The highest BCUT2D eigenvalue weighted by molar-refractivity contribution is 5.93. The summed E-state index contributed by atoms with van der Waals surface area (Å²) in [6.07, 6.45) is 0. The lowest BCUT2D eigenvalue weighted by Crippen LogP contribution is -2.38. The van der Waals surface area contributed by atoms with Crippen molar-refractivity contribution in [2.24, 2.45) is 0 Å². The van der Waals surface area contributed by atoms with Gasteiger partial charge in [-0.15, -0.1) is 0 Å². The zero-order valence-corrected chi connectivity index (χ0v) is 13.3. The van der Waals surface area contributed by atoms with E-state index in [9.17, 15) is 14.4 Å². The van der Waals surface area contributed by atoms with Crippen LogP contribution in [0.2, 0.25) is 0 Å². The first-order valence-electron chi connectivity index (χ1n) is 6.84. The minimum atomic E-state index is -0.207. The largest absolute Gasteiger partial charge is 0.348 e. The molecule has 0 aliphatic rings. The van der Waals surface area contributed by atoms with Crippen LogP contribution in [0.1, 0.15) is 6.92 Å². The Kier molecular flexibility index (Phi) is 6.52. The number of carbonyl (C=O) groups excluding carboxylic acids is 3. The van der Waals surface area contributed by atoms with E-state index < -0.39 is 0 Å². The monoisotopic (exact) mass is 306 g/mol. The number of anilines is 2. The van der Waals surface area contributed by atoms with E-state index in [4.69, 9.17) is 0 Å². The van der Waals surface area contributed by atoms with Crippen LogP contribution in [-0.2, 0) is 14.4 Å². The number of carbonyl (C=O) groups is 3. The van der Waals surface area contributed by atoms with Crippen molar-refractivity contribution in [1.29, 1.82) is 0 Å². The van der Waals surface area contributed by atoms with E-state index in [1.165, 1.54) is 11.8 Å². The average molecular weight is 306 g/mol. The summed E-state index contributed by atoms with van der Waals surface area (Å²) < 4.78 is 0. The summed E-state index contributed by atoms with van der Waals surface area (Å²) in [7, 11) is 5.06. The second-order valence-electron chi connectivity index (χ2n) is 5.27. The van der Waals surface area contributed by atoms with E-state index in [1.807, 2.05) is 0 Å². The minimum Gasteiger partial charge on any atom is -0.348 e. The fraction of sp³-hybridized carbons (Fsp3) is 0.400. The highest BCUT2D eigenvalue weighted by Crippen LogP contribution is 2.13. The first-order valence-corrected chi connectivity index (χ1v) is 6.84. The van der Waals surface area contributed by atoms with Crippen molar-refractivity contribution >= 4 is 29.1 Å². The number of benzene rings is 1. The SMILES string of the molecule is CC(=O)Nc1ccc(NC(=O)CN(C)CC(=O)N(C)C)cc1. The zero-order valence-electron chi connectivity index (χ0n) is 13.3. The lowest BCUT2D eigenvalue weighted by atomic mass is 10.2. The Bertz CT molecular complexity index is 540. The molecule has 7 nitrogen and oxygen atoms in total. The molecule has 1 aromatic rings. The van der Waals surface area contributed by atoms with Crippen LogP contribution in [0, 0.1) is 0 Å². The van der Waals surface area contributed by atoms with Gasteiger partial charge in [0.2, 0.25) is 17.7 Å². The molecule has 0 atom stereocenters. The fourth-order valence-corrected chi connectivity index (χ4v) is 1.71. The van der Waals surface area contributed by atoms with Gasteiger partial charge in [-0.25, -0.2) is 0 Å². The van der Waals surface area contributed by atoms with Gasteiger partial charge in [0.25, 0.3) is 0 Å². The first kappa shape index (κ1) is 17.6. The maximum Gasteiger partial charge on any atom is 0.238 e. The van der Waals surface area contributed by atoms with E-state index in [0.29, 0.717) is 11.4 Å². The third-order valence-electron chi connectivity index (χ3n) is 2.81. The molecule has 0 heterocycles. The summed E-state index contributed by atoms with van der Waals surface area (Å²) in [6.45, 7) is 1.73. The second-order valence-corrected chi connectivity index (χ2v) is 5.27. The van der Waals surface area contributed by atoms with Crippen LogP contribution in [0.3, 0.4) is 0 Å². The summed E-state index contributed by atoms with van der Waals surface area (Å²) in [4.78, 5) is 37.5. The molecule has 0 saturated heterocycles. The van der Waals surface area contributed by atoms with Crippen LogP contribution in [0.15, 0.2) is 24.3 Å². The maximum atomic E-state index is 11.9. The Morgan fingerprint density at radius 3 is 1.86 bits per heavy atom. The van der Waals surface area contributed by atoms with Crippen molar-refractivity contribution in [3.05, 3.63) is 24.3 Å². The van der Waals surface area contributed by atoms with Gasteiger partial charge < -0.3 is 15.5 Å². The predicted octanol–water partition coefficient (Wildman–Crippen LogP) is 0.603. The van der Waals surface area contributed by atoms with Crippen molar-refractivity contribution in [2.75, 3.05) is 44.9 Å². The van der Waals surface area contributed by atoms with Gasteiger partial charge in [-0.3, -0.25) is 19.3 Å². The number of rotatable bonds is 6. The second kappa shape index (κ2) is 8.14. The first-order chi connectivity index (χ1) is 10.3. The van der Waals surface area contributed by atoms with Crippen molar-refractivity contribution < 1.29 is 14.4 Å². The van der Waals surface area contributed by atoms with Crippen LogP contribution < -0.4 is 10.6 Å². The van der Waals surface area contributed by atoms with Crippen LogP contribution in [0.5, 0.6) is 0 Å². The van der Waals surface area contributed by atoms with Gasteiger partial charge in [0.15, 0.2) is 0 Å². The standard InChI is InChI=1S/C15H22N4O3/c1-11(20)16-12-5-7-13(8-6-12)17-14(21)9-19(4)10-15(22)18(2)3/h5-8H,9-10H2,1-4H3,(H,16,20)(H,17,21). The molecule has 0 spiro atoms. The summed E-state index contributed by atoms with van der Waals surface area (Å²) in [5, 5.41) is 5.39. The van der Waals surface area contributed by atoms with Gasteiger partial charge in [0.05, 0.1) is 13.1 Å². The van der Waals surface area contributed by atoms with Gasteiger partial charge in [-0.2, -0.15) is 0 Å². The quantitative estimate of drug-likeness (QED) is 0.806. The molecule has 0 aromatic heterocycles. The van der Waals surface area contributed by atoms with Crippen LogP contribution >= 0.6 is 0 Å². The molecular weight excluding hydrogens is 284 g/mol. The van der Waals surface area contributed by atoms with E-state index in [2.05, 4.69) is 10.6 Å². The van der Waals surface area contributed by atoms with Crippen molar-refractivity contribution in [1.82, 2.24) is 9.80 Å². The zero-order chi connectivity index (χ0) is 16.7. The maximum absolute atomic E-state index is 11.9. The highest BCUT2D eigenvalue weighted by Gasteiger charge is 2.12. The Labute approximate surface area is 130 Å². The van der Waals surface area contributed by atoms with Crippen LogP contribution in [0.4, 0.5) is 11.4 Å². The molecule has 3 amide bonds. The lowest BCUT2D eigenvalue weighted by molar-refractivity contribution is -0.130. The predicted molar refractivity (Wildman–Crippen MR) is 85.6 cm³/mol. The van der Waals surface area contributed by atoms with Gasteiger partial charge in [0.1, 0.15) is 0 Å². The molecule has 0 unspecified atom stereocenters. The van der Waals surface area contributed by atoms with Crippen LogP contribution in [-0.4, -0.2) is 61.8 Å². The molecule has 0 bridgehead atoms. The van der Waals surface area contributed by atoms with Gasteiger partial charge in [-0.1, -0.05) is 0 Å². The number of amides is 3. The van der Waals surface area contributed by atoms with E-state index >= 15 is 0 Å². The number of hydrogen-bond donors (Lipinski definition) is 2. The molecule has 120 valence electrons. The molecular formula is C15H22N4O3. The third-order valence-corrected chi connectivity index (χ3v) is 2.81. The fourth-order valence-electron chi connectivity index (χ4n) is 1.71. The molecule has 2 N–H and O–H groups in total. The third kappa shape index (κ3) is 6.36. The van der Waals surface area contributed by atoms with Crippen molar-refractivity contribution in [3.63, 3.8) is 0 Å². The molecule has 7 heteroatoms. The van der Waals surface area contributed by atoms with Crippen molar-refractivity contribution in [2.45, 2.75) is 6.92 Å². The summed E-state index contributed by atoms with van der Waals surface area (Å²) in [5.41, 5.74) is 1.30. The molecule has 1 rings (SSSR count). The molecule has 22 heavy (non-hydrogen) atoms. The number of hydrogen-bond acceptors (Lipinski definition) is 4. The Morgan fingerprint density at radius 1 is 0.909 bits per heavy atom. The molecule has 0 aliphatic carbocycles. The molecule has 0 radical (unpaired) electrons. The molecule has 0 aliphatic heterocycles. The topological polar surface area (TPSA) is 81.8 Å². The smallest absolute Gasteiger partial charge is 0.238 e.